The van der Waals surface area contributed by atoms with Crippen molar-refractivity contribution in [1.82, 2.24) is 5.39 Å². The van der Waals surface area contributed by atoms with Gasteiger partial charge in [0.05, 0.1) is 12.5 Å². The minimum Gasteiger partial charge on any atom is -0.294 e. The second-order valence-electron chi connectivity index (χ2n) is 4.20. The molecule has 0 aromatic carbocycles. The van der Waals surface area contributed by atoms with Gasteiger partial charge in [-0.3, -0.25) is 13.9 Å². The Morgan fingerprint density at radius 1 is 0.933 bits per heavy atom. The van der Waals surface area contributed by atoms with Crippen molar-refractivity contribution in [2.24, 2.45) is 0 Å². The summed E-state index contributed by atoms with van der Waals surface area (Å²) in [6.45, 7) is 15.4. The Morgan fingerprint density at radius 3 is 1.47 bits per heavy atom. The highest BCUT2D eigenvalue weighted by Gasteiger charge is 2.29. The Kier molecular flexibility index (Phi) is 5.64. The Hall–Kier alpha value is -0.246. The molecule has 0 heterocycles. The number of hydrogen-bond donors (Lipinski definition) is 0. The van der Waals surface area contributed by atoms with Crippen molar-refractivity contribution in [2.45, 2.75) is 26.2 Å². The quantitative estimate of drug-likeness (QED) is 0.511. The van der Waals surface area contributed by atoms with Crippen LogP contribution in [0, 0.1) is 0 Å². The fourth-order valence-corrected chi connectivity index (χ4v) is 1.77. The zero-order valence-corrected chi connectivity index (χ0v) is 12.2. The molecule has 0 saturated carbocycles. The summed E-state index contributed by atoms with van der Waals surface area (Å²) in [5, 5.41) is 1.09. The molecule has 0 unspecified atom stereocenters. The van der Waals surface area contributed by atoms with Crippen LogP contribution < -0.4 is 0 Å². The van der Waals surface area contributed by atoms with Crippen molar-refractivity contribution in [3.63, 3.8) is 0 Å². The van der Waals surface area contributed by atoms with E-state index in [2.05, 4.69) is 13.2 Å². The molecule has 0 aromatic rings. The standard InChI is InChI=1S/C9H21NO3Si2/c1-8-14(4,5)12-10(11-3)13-15(6,7)9-2/h8-9H,1-2H2,3-7H3. The van der Waals surface area contributed by atoms with Gasteiger partial charge in [-0.05, 0) is 26.2 Å². The predicted molar refractivity (Wildman–Crippen MR) is 66.4 cm³/mol. The zero-order valence-electron chi connectivity index (χ0n) is 10.2. The summed E-state index contributed by atoms with van der Waals surface area (Å²) in [6, 6.07) is 0. The van der Waals surface area contributed by atoms with Gasteiger partial charge in [-0.1, -0.05) is 11.4 Å². The highest BCUT2D eigenvalue weighted by molar-refractivity contribution is 6.76. The van der Waals surface area contributed by atoms with Crippen LogP contribution in [0.25, 0.3) is 0 Å². The maximum Gasteiger partial charge on any atom is 0.244 e. The second kappa shape index (κ2) is 5.73. The van der Waals surface area contributed by atoms with Gasteiger partial charge in [-0.25, -0.2) is 0 Å². The molecule has 88 valence electrons. The smallest absolute Gasteiger partial charge is 0.244 e. The van der Waals surface area contributed by atoms with Gasteiger partial charge >= 0.3 is 0 Å². The number of hydrogen-bond acceptors (Lipinski definition) is 4. The van der Waals surface area contributed by atoms with Gasteiger partial charge in [0.25, 0.3) is 0 Å². The van der Waals surface area contributed by atoms with Gasteiger partial charge in [-0.15, -0.1) is 13.2 Å². The van der Waals surface area contributed by atoms with E-state index < -0.39 is 16.6 Å². The average Bonchev–Trinajstić information content (AvgIpc) is 2.16. The van der Waals surface area contributed by atoms with Gasteiger partial charge in [0.1, 0.15) is 0 Å². The summed E-state index contributed by atoms with van der Waals surface area (Å²) in [5.74, 6) is 0. The molecule has 4 nitrogen and oxygen atoms in total. The molecule has 0 N–H and O–H groups in total. The van der Waals surface area contributed by atoms with Crippen molar-refractivity contribution in [3.8, 4) is 0 Å². The minimum absolute atomic E-state index is 1.09. The normalized spacial score (nSPS) is 12.9. The van der Waals surface area contributed by atoms with Crippen LogP contribution in [-0.4, -0.2) is 29.1 Å². The van der Waals surface area contributed by atoms with Gasteiger partial charge in [-0.2, -0.15) is 0 Å². The van der Waals surface area contributed by atoms with Crippen LogP contribution in [0.4, 0.5) is 0 Å². The molecule has 15 heavy (non-hydrogen) atoms. The molecule has 0 fully saturated rings. The van der Waals surface area contributed by atoms with Gasteiger partial charge in [0.15, 0.2) is 0 Å². The van der Waals surface area contributed by atoms with Crippen molar-refractivity contribution in [1.29, 1.82) is 0 Å². The third-order valence-electron chi connectivity index (χ3n) is 1.75. The molecule has 0 bridgehead atoms. The fourth-order valence-electron chi connectivity index (χ4n) is 0.552. The average molecular weight is 247 g/mol. The second-order valence-corrected chi connectivity index (χ2v) is 11.8. The highest BCUT2D eigenvalue weighted by atomic mass is 28.4. The van der Waals surface area contributed by atoms with Crippen LogP contribution in [0.2, 0.25) is 26.2 Å². The first kappa shape index (κ1) is 14.8. The van der Waals surface area contributed by atoms with Crippen LogP contribution in [0.1, 0.15) is 0 Å². The van der Waals surface area contributed by atoms with Crippen molar-refractivity contribution < 1.29 is 13.9 Å². The van der Waals surface area contributed by atoms with Crippen LogP contribution >= 0.6 is 0 Å². The first-order valence-electron chi connectivity index (χ1n) is 4.76. The largest absolute Gasteiger partial charge is 0.294 e. The SMILES string of the molecule is C=C[Si](C)(C)ON(OC)O[Si](C)(C)C=C. The summed E-state index contributed by atoms with van der Waals surface area (Å²) in [5.41, 5.74) is 3.62. The summed E-state index contributed by atoms with van der Waals surface area (Å²) < 4.78 is 11.1. The molecule has 0 radical (unpaired) electrons. The molecule has 0 rings (SSSR count). The Balaban J connectivity index is 4.39. The zero-order chi connectivity index (χ0) is 12.1. The van der Waals surface area contributed by atoms with Gasteiger partial charge < -0.3 is 0 Å². The lowest BCUT2D eigenvalue weighted by Gasteiger charge is -2.30. The summed E-state index contributed by atoms with van der Waals surface area (Å²) in [4.78, 5) is 4.99. The Bertz CT molecular complexity index is 209. The first-order valence-corrected chi connectivity index (χ1v) is 10.7. The molecular formula is C9H21NO3Si2. The Morgan fingerprint density at radius 2 is 1.27 bits per heavy atom. The lowest BCUT2D eigenvalue weighted by atomic mass is 11.3. The van der Waals surface area contributed by atoms with E-state index in [1.54, 1.807) is 0 Å². The summed E-state index contributed by atoms with van der Waals surface area (Å²) in [7, 11) is -2.39. The number of nitrogens with zero attached hydrogens (tertiary/aromatic N) is 1. The topological polar surface area (TPSA) is 30.9 Å². The highest BCUT2D eigenvalue weighted by Crippen LogP contribution is 2.14. The van der Waals surface area contributed by atoms with Crippen LogP contribution in [0.15, 0.2) is 24.6 Å². The third kappa shape index (κ3) is 6.03. The molecule has 0 saturated heterocycles. The van der Waals surface area contributed by atoms with E-state index in [1.807, 2.05) is 37.6 Å². The summed E-state index contributed by atoms with van der Waals surface area (Å²) in [6.07, 6.45) is 0. The maximum absolute atomic E-state index is 5.57. The number of rotatable bonds is 7. The molecule has 0 aliphatic heterocycles. The predicted octanol–water partition coefficient (Wildman–Crippen LogP) is 2.57. The Labute approximate surface area is 94.3 Å². The maximum atomic E-state index is 5.57. The molecule has 0 amide bonds. The molecular weight excluding hydrogens is 226 g/mol. The molecule has 0 atom stereocenters. The molecule has 0 aliphatic rings. The van der Waals surface area contributed by atoms with E-state index in [0.29, 0.717) is 0 Å². The third-order valence-corrected chi connectivity index (χ3v) is 4.96. The molecule has 0 aromatic heterocycles. The van der Waals surface area contributed by atoms with Crippen LogP contribution in [0.3, 0.4) is 0 Å². The van der Waals surface area contributed by atoms with Gasteiger partial charge in [0.2, 0.25) is 16.6 Å². The lowest BCUT2D eigenvalue weighted by molar-refractivity contribution is -0.454. The van der Waals surface area contributed by atoms with Crippen LogP contribution in [-0.2, 0) is 13.9 Å². The lowest BCUT2D eigenvalue weighted by Crippen LogP contribution is -2.44. The van der Waals surface area contributed by atoms with Crippen molar-refractivity contribution in [2.75, 3.05) is 7.11 Å². The van der Waals surface area contributed by atoms with Crippen molar-refractivity contribution >= 4 is 16.6 Å². The van der Waals surface area contributed by atoms with E-state index >= 15 is 0 Å². The van der Waals surface area contributed by atoms with Crippen LogP contribution in [0.5, 0.6) is 0 Å². The van der Waals surface area contributed by atoms with E-state index in [9.17, 15) is 0 Å². The molecule has 6 heteroatoms. The van der Waals surface area contributed by atoms with Crippen molar-refractivity contribution in [3.05, 3.63) is 24.6 Å². The fraction of sp³-hybridized carbons (Fsp3) is 0.556. The molecule has 0 aliphatic carbocycles. The van der Waals surface area contributed by atoms with E-state index in [1.165, 1.54) is 7.11 Å². The monoisotopic (exact) mass is 247 g/mol. The minimum atomic E-state index is -1.95. The van der Waals surface area contributed by atoms with E-state index in [4.69, 9.17) is 13.9 Å². The van der Waals surface area contributed by atoms with E-state index in [0.717, 1.165) is 5.39 Å². The van der Waals surface area contributed by atoms with E-state index in [-0.39, 0.29) is 0 Å². The summed E-state index contributed by atoms with van der Waals surface area (Å²) >= 11 is 0. The molecule has 0 spiro atoms. The first-order chi connectivity index (χ1) is 6.76. The van der Waals surface area contributed by atoms with Gasteiger partial charge in [0, 0.05) is 0 Å².